The zero-order valence-electron chi connectivity index (χ0n) is 17.7. The highest BCUT2D eigenvalue weighted by Crippen LogP contribution is 2.44. The Kier molecular flexibility index (Phi) is 6.08. The summed E-state index contributed by atoms with van der Waals surface area (Å²) in [5.74, 6) is -3.29. The molecule has 168 valence electrons. The van der Waals surface area contributed by atoms with E-state index in [1.165, 1.54) is 25.1 Å². The van der Waals surface area contributed by atoms with Crippen molar-refractivity contribution in [2.45, 2.75) is 18.9 Å². The number of halogens is 1. The number of hydrogen-bond acceptors (Lipinski definition) is 4. The number of carbonyl (C=O) groups is 3. The second kappa shape index (κ2) is 9.12. The van der Waals surface area contributed by atoms with Gasteiger partial charge in [-0.15, -0.1) is 0 Å². The van der Waals surface area contributed by atoms with Crippen LogP contribution in [0.1, 0.15) is 34.3 Å². The van der Waals surface area contributed by atoms with E-state index < -0.39 is 29.8 Å². The lowest BCUT2D eigenvalue weighted by Gasteiger charge is -2.15. The summed E-state index contributed by atoms with van der Waals surface area (Å²) < 4.78 is 20.2. The molecule has 1 aliphatic carbocycles. The number of carbonyl (C=O) groups excluding carboxylic acids is 2. The van der Waals surface area contributed by atoms with Crippen LogP contribution in [0.2, 0.25) is 0 Å². The van der Waals surface area contributed by atoms with Crippen LogP contribution in [0.3, 0.4) is 0 Å². The van der Waals surface area contributed by atoms with Crippen molar-refractivity contribution < 1.29 is 28.6 Å². The molecule has 8 heteroatoms. The molecule has 3 aromatic carbocycles. The third-order valence-electron chi connectivity index (χ3n) is 5.54. The number of fused-ring (bicyclic) bond motifs is 3. The minimum Gasteiger partial charge on any atom is -0.480 e. The van der Waals surface area contributed by atoms with Crippen molar-refractivity contribution in [3.8, 4) is 11.1 Å². The summed E-state index contributed by atoms with van der Waals surface area (Å²) in [5, 5.41) is 13.4. The summed E-state index contributed by atoms with van der Waals surface area (Å²) in [6, 6.07) is 18.4. The van der Waals surface area contributed by atoms with Gasteiger partial charge in [0.1, 0.15) is 12.6 Å². The maximum atomic E-state index is 14.8. The first kappa shape index (κ1) is 22.0. The number of hydrogen-bond donors (Lipinski definition) is 3. The summed E-state index contributed by atoms with van der Waals surface area (Å²) in [4.78, 5) is 35.5. The van der Waals surface area contributed by atoms with Gasteiger partial charge in [-0.1, -0.05) is 54.6 Å². The summed E-state index contributed by atoms with van der Waals surface area (Å²) in [7, 11) is 0. The van der Waals surface area contributed by atoms with Crippen molar-refractivity contribution in [1.82, 2.24) is 5.32 Å². The van der Waals surface area contributed by atoms with Crippen molar-refractivity contribution in [1.29, 1.82) is 0 Å². The number of nitrogens with one attached hydrogen (secondary N) is 2. The van der Waals surface area contributed by atoms with Crippen LogP contribution in [0.4, 0.5) is 14.9 Å². The lowest BCUT2D eigenvalue weighted by atomic mass is 9.98. The summed E-state index contributed by atoms with van der Waals surface area (Å²) >= 11 is 0. The van der Waals surface area contributed by atoms with Crippen LogP contribution < -0.4 is 10.6 Å². The van der Waals surface area contributed by atoms with Gasteiger partial charge in [-0.25, -0.2) is 9.18 Å². The predicted molar refractivity (Wildman–Crippen MR) is 120 cm³/mol. The zero-order valence-corrected chi connectivity index (χ0v) is 17.7. The van der Waals surface area contributed by atoms with Gasteiger partial charge >= 0.3 is 12.1 Å². The summed E-state index contributed by atoms with van der Waals surface area (Å²) in [5.41, 5.74) is 3.63. The van der Waals surface area contributed by atoms with Crippen LogP contribution >= 0.6 is 0 Å². The fourth-order valence-electron chi connectivity index (χ4n) is 3.88. The number of amides is 2. The van der Waals surface area contributed by atoms with E-state index in [0.29, 0.717) is 0 Å². The van der Waals surface area contributed by atoms with Crippen molar-refractivity contribution in [2.75, 3.05) is 11.9 Å². The minimum atomic E-state index is -1.25. The highest BCUT2D eigenvalue weighted by atomic mass is 19.1. The molecule has 3 N–H and O–H groups in total. The first-order valence-electron chi connectivity index (χ1n) is 10.3. The van der Waals surface area contributed by atoms with Crippen LogP contribution in [0.5, 0.6) is 0 Å². The third kappa shape index (κ3) is 4.41. The molecule has 0 spiro atoms. The molecular weight excluding hydrogens is 427 g/mol. The lowest BCUT2D eigenvalue weighted by molar-refractivity contribution is -0.138. The van der Waals surface area contributed by atoms with Crippen molar-refractivity contribution in [2.24, 2.45) is 0 Å². The SMILES string of the molecule is CC(NC(=O)c1cccc(NC(=O)OCC2c3ccccc3-c3ccccc32)c1F)C(=O)O. The van der Waals surface area contributed by atoms with Crippen molar-refractivity contribution >= 4 is 23.7 Å². The number of benzene rings is 3. The Hall–Kier alpha value is -4.20. The molecule has 0 fully saturated rings. The van der Waals surface area contributed by atoms with Crippen LogP contribution in [-0.2, 0) is 9.53 Å². The smallest absolute Gasteiger partial charge is 0.411 e. The molecule has 0 bridgehead atoms. The second-order valence-electron chi connectivity index (χ2n) is 7.65. The molecule has 4 rings (SSSR count). The molecule has 0 saturated heterocycles. The van der Waals surface area contributed by atoms with Gasteiger partial charge in [0.05, 0.1) is 11.3 Å². The zero-order chi connectivity index (χ0) is 23.5. The Bertz CT molecular complexity index is 1200. The molecule has 0 aromatic heterocycles. The molecule has 1 unspecified atom stereocenters. The third-order valence-corrected chi connectivity index (χ3v) is 5.54. The number of carboxylic acids is 1. The largest absolute Gasteiger partial charge is 0.480 e. The number of aliphatic carboxylic acids is 1. The Morgan fingerprint density at radius 2 is 1.58 bits per heavy atom. The fourth-order valence-corrected chi connectivity index (χ4v) is 3.88. The molecule has 1 aliphatic rings. The number of carboxylic acid groups (broad SMARTS) is 1. The van der Waals surface area contributed by atoms with E-state index in [1.54, 1.807) is 0 Å². The predicted octanol–water partition coefficient (Wildman–Crippen LogP) is 4.39. The maximum Gasteiger partial charge on any atom is 0.411 e. The molecule has 0 aliphatic heterocycles. The normalized spacial score (nSPS) is 12.9. The van der Waals surface area contributed by atoms with Crippen LogP contribution in [-0.4, -0.2) is 35.7 Å². The molecule has 1 atom stereocenters. The van der Waals surface area contributed by atoms with Gasteiger partial charge in [-0.2, -0.15) is 0 Å². The standard InChI is InChI=1S/C25H21FN2O5/c1-14(24(30)31)27-23(29)19-11-6-12-21(22(19)26)28-25(32)33-13-20-17-9-4-2-7-15(17)16-8-3-5-10-18(16)20/h2-12,14,20H,13H2,1H3,(H,27,29)(H,28,32)(H,30,31). The maximum absolute atomic E-state index is 14.8. The van der Waals surface area contributed by atoms with E-state index in [1.807, 2.05) is 48.5 Å². The average Bonchev–Trinajstić information content (AvgIpc) is 3.12. The van der Waals surface area contributed by atoms with E-state index in [2.05, 4.69) is 10.6 Å². The Morgan fingerprint density at radius 3 is 2.18 bits per heavy atom. The fraction of sp³-hybridized carbons (Fsp3) is 0.160. The van der Waals surface area contributed by atoms with Gasteiger partial charge in [0.15, 0.2) is 5.82 Å². The summed E-state index contributed by atoms with van der Waals surface area (Å²) in [6.07, 6.45) is -0.868. The second-order valence-corrected chi connectivity index (χ2v) is 7.65. The van der Waals surface area contributed by atoms with E-state index in [4.69, 9.17) is 9.84 Å². The van der Waals surface area contributed by atoms with E-state index in [9.17, 15) is 18.8 Å². The topological polar surface area (TPSA) is 105 Å². The molecule has 33 heavy (non-hydrogen) atoms. The van der Waals surface area contributed by atoms with Crippen molar-refractivity contribution in [3.05, 3.63) is 89.2 Å². The number of ether oxygens (including phenoxy) is 1. The molecule has 0 heterocycles. The van der Waals surface area contributed by atoms with Crippen LogP contribution in [0, 0.1) is 5.82 Å². The minimum absolute atomic E-state index is 0.0534. The first-order valence-corrected chi connectivity index (χ1v) is 10.3. The summed E-state index contributed by atoms with van der Waals surface area (Å²) in [6.45, 7) is 1.31. The molecule has 0 radical (unpaired) electrons. The molecule has 0 saturated carbocycles. The number of rotatable bonds is 6. The lowest BCUT2D eigenvalue weighted by Crippen LogP contribution is -2.38. The van der Waals surface area contributed by atoms with E-state index in [-0.39, 0.29) is 23.8 Å². The van der Waals surface area contributed by atoms with Crippen LogP contribution in [0.25, 0.3) is 11.1 Å². The quantitative estimate of drug-likeness (QED) is 0.519. The van der Waals surface area contributed by atoms with E-state index >= 15 is 0 Å². The van der Waals surface area contributed by atoms with Gasteiger partial charge in [-0.05, 0) is 41.3 Å². The molecule has 3 aromatic rings. The van der Waals surface area contributed by atoms with Crippen LogP contribution in [0.15, 0.2) is 66.7 Å². The molecular formula is C25H21FN2O5. The Balaban J connectivity index is 1.45. The Labute approximate surface area is 189 Å². The average molecular weight is 448 g/mol. The number of anilines is 1. The molecule has 7 nitrogen and oxygen atoms in total. The highest BCUT2D eigenvalue weighted by molar-refractivity contribution is 5.98. The van der Waals surface area contributed by atoms with Gasteiger partial charge in [0.2, 0.25) is 0 Å². The van der Waals surface area contributed by atoms with Gasteiger partial charge in [0, 0.05) is 5.92 Å². The molecule has 2 amide bonds. The van der Waals surface area contributed by atoms with Crippen molar-refractivity contribution in [3.63, 3.8) is 0 Å². The van der Waals surface area contributed by atoms with Gasteiger partial charge in [-0.3, -0.25) is 14.9 Å². The first-order chi connectivity index (χ1) is 15.9. The van der Waals surface area contributed by atoms with Gasteiger partial charge in [0.25, 0.3) is 5.91 Å². The monoisotopic (exact) mass is 448 g/mol. The highest BCUT2D eigenvalue weighted by Gasteiger charge is 2.29. The Morgan fingerprint density at radius 1 is 0.970 bits per heavy atom. The van der Waals surface area contributed by atoms with E-state index in [0.717, 1.165) is 22.3 Å². The van der Waals surface area contributed by atoms with Gasteiger partial charge < -0.3 is 15.2 Å².